The molecule has 0 radical (unpaired) electrons. The Morgan fingerprint density at radius 1 is 1.00 bits per heavy atom. The molecule has 0 spiro atoms. The zero-order chi connectivity index (χ0) is 19.9. The van der Waals surface area contributed by atoms with Crippen molar-refractivity contribution in [1.29, 1.82) is 0 Å². The summed E-state index contributed by atoms with van der Waals surface area (Å²) < 4.78 is 5.04. The van der Waals surface area contributed by atoms with Gasteiger partial charge in [0.05, 0.1) is 7.11 Å². The number of rotatable bonds is 7. The van der Waals surface area contributed by atoms with E-state index in [2.05, 4.69) is 9.80 Å². The summed E-state index contributed by atoms with van der Waals surface area (Å²) in [4.78, 5) is 42.0. The Morgan fingerprint density at radius 3 is 2.25 bits per heavy atom. The number of imide groups is 1. The van der Waals surface area contributed by atoms with Crippen molar-refractivity contribution in [3.63, 3.8) is 0 Å². The SMILES string of the molecule is COC(=O)C(c1ccccc1)N1CCN(CCCN2C(=O)CCCC2=O)CC1. The van der Waals surface area contributed by atoms with Gasteiger partial charge in [-0.2, -0.15) is 0 Å². The molecule has 0 aromatic heterocycles. The molecule has 0 N–H and O–H groups in total. The Labute approximate surface area is 166 Å². The summed E-state index contributed by atoms with van der Waals surface area (Å²) in [5, 5.41) is 0. The number of amides is 2. The molecule has 7 nitrogen and oxygen atoms in total. The molecule has 2 aliphatic heterocycles. The van der Waals surface area contributed by atoms with Gasteiger partial charge in [0.15, 0.2) is 0 Å². The number of ether oxygens (including phenoxy) is 1. The quantitative estimate of drug-likeness (QED) is 0.521. The van der Waals surface area contributed by atoms with E-state index in [-0.39, 0.29) is 23.8 Å². The average Bonchev–Trinajstić information content (AvgIpc) is 2.72. The molecule has 1 aromatic rings. The molecule has 0 saturated carbocycles. The Morgan fingerprint density at radius 2 is 1.64 bits per heavy atom. The summed E-state index contributed by atoms with van der Waals surface area (Å²) >= 11 is 0. The second-order valence-corrected chi connectivity index (χ2v) is 7.36. The smallest absolute Gasteiger partial charge is 0.327 e. The maximum absolute atomic E-state index is 12.4. The van der Waals surface area contributed by atoms with Gasteiger partial charge >= 0.3 is 5.97 Å². The van der Waals surface area contributed by atoms with Crippen LogP contribution in [0.2, 0.25) is 0 Å². The molecular weight excluding hydrogens is 358 g/mol. The molecule has 0 bridgehead atoms. The Balaban J connectivity index is 1.48. The van der Waals surface area contributed by atoms with Gasteiger partial charge in [0.1, 0.15) is 6.04 Å². The predicted octanol–water partition coefficient (Wildman–Crippen LogP) is 1.45. The lowest BCUT2D eigenvalue weighted by Crippen LogP contribution is -2.50. The molecule has 3 rings (SSSR count). The fraction of sp³-hybridized carbons (Fsp3) is 0.571. The summed E-state index contributed by atoms with van der Waals surface area (Å²) in [7, 11) is 1.43. The number of hydrogen-bond acceptors (Lipinski definition) is 6. The lowest BCUT2D eigenvalue weighted by molar-refractivity contribution is -0.148. The standard InChI is InChI=1S/C21H29N3O4/c1-28-21(27)20(17-7-3-2-4-8-17)23-15-13-22(14-16-23)11-6-12-24-18(25)9-5-10-19(24)26/h2-4,7-8,20H,5-6,9-16H2,1H3. The van der Waals surface area contributed by atoms with Crippen LogP contribution in [-0.2, 0) is 19.1 Å². The first-order chi connectivity index (χ1) is 13.6. The van der Waals surface area contributed by atoms with Gasteiger partial charge in [-0.1, -0.05) is 30.3 Å². The molecule has 7 heteroatoms. The highest BCUT2D eigenvalue weighted by molar-refractivity contribution is 5.97. The summed E-state index contributed by atoms with van der Waals surface area (Å²) in [6, 6.07) is 9.35. The molecule has 0 aliphatic carbocycles. The zero-order valence-corrected chi connectivity index (χ0v) is 16.5. The molecule has 28 heavy (non-hydrogen) atoms. The first-order valence-corrected chi connectivity index (χ1v) is 10.0. The molecule has 2 aliphatic rings. The number of benzene rings is 1. The molecule has 2 saturated heterocycles. The van der Waals surface area contributed by atoms with E-state index in [4.69, 9.17) is 4.74 Å². The van der Waals surface area contributed by atoms with Crippen LogP contribution < -0.4 is 0 Å². The van der Waals surface area contributed by atoms with E-state index in [1.807, 2.05) is 30.3 Å². The topological polar surface area (TPSA) is 70.2 Å². The minimum atomic E-state index is -0.378. The second kappa shape index (κ2) is 9.80. The second-order valence-electron chi connectivity index (χ2n) is 7.36. The van der Waals surface area contributed by atoms with Gasteiger partial charge in [0, 0.05) is 45.6 Å². The number of nitrogens with zero attached hydrogens (tertiary/aromatic N) is 3. The molecule has 2 amide bonds. The van der Waals surface area contributed by atoms with Crippen LogP contribution in [0.25, 0.3) is 0 Å². The van der Waals surface area contributed by atoms with Crippen molar-refractivity contribution in [2.75, 3.05) is 46.4 Å². The van der Waals surface area contributed by atoms with Gasteiger partial charge in [-0.05, 0) is 24.9 Å². The maximum Gasteiger partial charge on any atom is 0.327 e. The normalized spacial score (nSPS) is 20.2. The van der Waals surface area contributed by atoms with Crippen LogP contribution in [0.5, 0.6) is 0 Å². The number of hydrogen-bond donors (Lipinski definition) is 0. The van der Waals surface area contributed by atoms with Gasteiger partial charge in [-0.25, -0.2) is 4.79 Å². The third kappa shape index (κ3) is 4.97. The average molecular weight is 387 g/mol. The third-order valence-corrected chi connectivity index (χ3v) is 5.55. The lowest BCUT2D eigenvalue weighted by atomic mass is 10.0. The number of likely N-dealkylation sites (tertiary alicyclic amines) is 1. The van der Waals surface area contributed by atoms with Crippen LogP contribution in [0.3, 0.4) is 0 Å². The zero-order valence-electron chi connectivity index (χ0n) is 16.5. The van der Waals surface area contributed by atoms with Crippen molar-refractivity contribution in [2.45, 2.75) is 31.7 Å². The van der Waals surface area contributed by atoms with Crippen molar-refractivity contribution >= 4 is 17.8 Å². The Kier molecular flexibility index (Phi) is 7.17. The molecule has 152 valence electrons. The van der Waals surface area contributed by atoms with Gasteiger partial charge in [0.2, 0.25) is 11.8 Å². The summed E-state index contributed by atoms with van der Waals surface area (Å²) in [5.74, 6) is -0.309. The number of piperazine rings is 1. The minimum absolute atomic E-state index is 0.0372. The number of carbonyl (C=O) groups is 3. The fourth-order valence-electron chi connectivity index (χ4n) is 3.99. The highest BCUT2D eigenvalue weighted by Crippen LogP contribution is 2.23. The van der Waals surface area contributed by atoms with Crippen molar-refractivity contribution in [1.82, 2.24) is 14.7 Å². The number of carbonyl (C=O) groups excluding carboxylic acids is 3. The van der Waals surface area contributed by atoms with E-state index in [0.29, 0.717) is 25.8 Å². The molecule has 2 heterocycles. The van der Waals surface area contributed by atoms with E-state index < -0.39 is 0 Å². The molecular formula is C21H29N3O4. The Bertz CT molecular complexity index is 670. The van der Waals surface area contributed by atoms with E-state index in [1.165, 1.54) is 12.0 Å². The number of methoxy groups -OCH3 is 1. The van der Waals surface area contributed by atoms with Crippen LogP contribution in [0.4, 0.5) is 0 Å². The van der Waals surface area contributed by atoms with Gasteiger partial charge in [0.25, 0.3) is 0 Å². The van der Waals surface area contributed by atoms with Crippen LogP contribution in [0.1, 0.15) is 37.3 Å². The number of esters is 1. The first kappa shape index (κ1) is 20.5. The van der Waals surface area contributed by atoms with Crippen LogP contribution in [-0.4, -0.2) is 78.9 Å². The van der Waals surface area contributed by atoms with Gasteiger partial charge in [-0.15, -0.1) is 0 Å². The predicted molar refractivity (Wildman–Crippen MR) is 104 cm³/mol. The van der Waals surface area contributed by atoms with Crippen LogP contribution in [0, 0.1) is 0 Å². The Hall–Kier alpha value is -2.25. The monoisotopic (exact) mass is 387 g/mol. The fourth-order valence-corrected chi connectivity index (χ4v) is 3.99. The lowest BCUT2D eigenvalue weighted by Gasteiger charge is -2.38. The summed E-state index contributed by atoms with van der Waals surface area (Å²) in [6.07, 6.45) is 2.44. The number of piperidine rings is 1. The minimum Gasteiger partial charge on any atom is -0.468 e. The summed E-state index contributed by atoms with van der Waals surface area (Å²) in [6.45, 7) is 4.60. The highest BCUT2D eigenvalue weighted by Gasteiger charge is 2.31. The maximum atomic E-state index is 12.4. The molecule has 2 fully saturated rings. The van der Waals surface area contributed by atoms with Crippen molar-refractivity contribution in [3.8, 4) is 0 Å². The largest absolute Gasteiger partial charge is 0.468 e. The van der Waals surface area contributed by atoms with Crippen LogP contribution >= 0.6 is 0 Å². The van der Waals surface area contributed by atoms with Gasteiger partial charge < -0.3 is 9.64 Å². The third-order valence-electron chi connectivity index (χ3n) is 5.55. The van der Waals surface area contributed by atoms with E-state index >= 15 is 0 Å². The van der Waals surface area contributed by atoms with E-state index in [0.717, 1.165) is 44.7 Å². The van der Waals surface area contributed by atoms with Crippen LogP contribution in [0.15, 0.2) is 30.3 Å². The van der Waals surface area contributed by atoms with Gasteiger partial charge in [-0.3, -0.25) is 19.4 Å². The van der Waals surface area contributed by atoms with Crippen molar-refractivity contribution in [2.24, 2.45) is 0 Å². The van der Waals surface area contributed by atoms with E-state index in [1.54, 1.807) is 0 Å². The first-order valence-electron chi connectivity index (χ1n) is 10.0. The molecule has 1 atom stereocenters. The van der Waals surface area contributed by atoms with Crippen molar-refractivity contribution in [3.05, 3.63) is 35.9 Å². The van der Waals surface area contributed by atoms with E-state index in [9.17, 15) is 14.4 Å². The highest BCUT2D eigenvalue weighted by atomic mass is 16.5. The molecule has 1 unspecified atom stereocenters. The summed E-state index contributed by atoms with van der Waals surface area (Å²) in [5.41, 5.74) is 0.949. The van der Waals surface area contributed by atoms with Crippen molar-refractivity contribution < 1.29 is 19.1 Å². The molecule has 1 aromatic carbocycles.